The highest BCUT2D eigenvalue weighted by Crippen LogP contribution is 2.31. The fraction of sp³-hybridized carbons (Fsp3) is 0.462. The first-order valence-electron chi connectivity index (χ1n) is 6.26. The van der Waals surface area contributed by atoms with Crippen molar-refractivity contribution in [3.8, 4) is 0 Å². The van der Waals surface area contributed by atoms with E-state index in [9.17, 15) is 4.79 Å². The van der Waals surface area contributed by atoms with Gasteiger partial charge in [0, 0.05) is 37.2 Å². The number of nitrogens with one attached hydrogen (secondary N) is 2. The molecule has 2 aliphatic rings. The van der Waals surface area contributed by atoms with E-state index in [0.29, 0.717) is 17.6 Å². The lowest BCUT2D eigenvalue weighted by atomic mass is 9.98. The number of halogens is 1. The first kappa shape index (κ1) is 12.0. The highest BCUT2D eigenvalue weighted by molar-refractivity contribution is 6.31. The molecule has 96 valence electrons. The molecule has 3 rings (SSSR count). The molecule has 0 bridgehead atoms. The van der Waals surface area contributed by atoms with E-state index in [1.807, 2.05) is 24.3 Å². The molecule has 2 aliphatic heterocycles. The molecule has 0 saturated carbocycles. The number of fused-ring (bicyclic) bond motifs is 1. The third-order valence-corrected chi connectivity index (χ3v) is 4.03. The largest absolute Gasteiger partial charge is 0.353 e. The van der Waals surface area contributed by atoms with Crippen molar-refractivity contribution in [2.45, 2.75) is 12.1 Å². The molecule has 2 fully saturated rings. The maximum Gasteiger partial charge on any atom is 0.242 e. The molecule has 0 spiro atoms. The molecule has 5 heteroatoms. The summed E-state index contributed by atoms with van der Waals surface area (Å²) in [6, 6.07) is 7.71. The van der Waals surface area contributed by atoms with Crippen molar-refractivity contribution in [1.29, 1.82) is 0 Å². The molecule has 2 atom stereocenters. The van der Waals surface area contributed by atoms with Crippen molar-refractivity contribution in [2.24, 2.45) is 0 Å². The van der Waals surface area contributed by atoms with E-state index in [4.69, 9.17) is 11.6 Å². The third kappa shape index (κ3) is 2.00. The second kappa shape index (κ2) is 4.88. The monoisotopic (exact) mass is 265 g/mol. The van der Waals surface area contributed by atoms with Crippen LogP contribution in [-0.4, -0.2) is 43.0 Å². The Morgan fingerprint density at radius 3 is 2.94 bits per heavy atom. The normalized spacial score (nSPS) is 28.6. The average Bonchev–Trinajstić information content (AvgIpc) is 2.40. The van der Waals surface area contributed by atoms with Crippen LogP contribution in [0, 0.1) is 0 Å². The van der Waals surface area contributed by atoms with E-state index >= 15 is 0 Å². The Labute approximate surface area is 111 Å². The number of carbonyl (C=O) groups excluding carboxylic acids is 1. The minimum absolute atomic E-state index is 0.0567. The van der Waals surface area contributed by atoms with E-state index in [1.165, 1.54) is 0 Å². The van der Waals surface area contributed by atoms with Gasteiger partial charge in [0.05, 0.1) is 0 Å². The summed E-state index contributed by atoms with van der Waals surface area (Å²) in [5.74, 6) is 0.0567. The SMILES string of the molecule is O=C1NCC2CNCCN2C1c1ccccc1Cl. The fourth-order valence-corrected chi connectivity index (χ4v) is 3.03. The van der Waals surface area contributed by atoms with Gasteiger partial charge in [-0.2, -0.15) is 0 Å². The number of rotatable bonds is 1. The van der Waals surface area contributed by atoms with Gasteiger partial charge in [-0.05, 0) is 11.6 Å². The van der Waals surface area contributed by atoms with E-state index in [1.54, 1.807) is 0 Å². The second-order valence-corrected chi connectivity index (χ2v) is 5.17. The van der Waals surface area contributed by atoms with Crippen LogP contribution < -0.4 is 10.6 Å². The van der Waals surface area contributed by atoms with Crippen LogP contribution in [0.5, 0.6) is 0 Å². The van der Waals surface area contributed by atoms with Gasteiger partial charge in [-0.1, -0.05) is 29.8 Å². The predicted octanol–water partition coefficient (Wildman–Crippen LogP) is 0.785. The average molecular weight is 266 g/mol. The number of benzene rings is 1. The predicted molar refractivity (Wildman–Crippen MR) is 70.6 cm³/mol. The minimum Gasteiger partial charge on any atom is -0.353 e. The zero-order valence-electron chi connectivity index (χ0n) is 10.0. The van der Waals surface area contributed by atoms with E-state index in [2.05, 4.69) is 15.5 Å². The van der Waals surface area contributed by atoms with Crippen molar-refractivity contribution in [3.05, 3.63) is 34.9 Å². The van der Waals surface area contributed by atoms with E-state index < -0.39 is 0 Å². The van der Waals surface area contributed by atoms with Crippen LogP contribution in [0.15, 0.2) is 24.3 Å². The van der Waals surface area contributed by atoms with Gasteiger partial charge in [-0.15, -0.1) is 0 Å². The Morgan fingerprint density at radius 2 is 2.11 bits per heavy atom. The van der Waals surface area contributed by atoms with Gasteiger partial charge >= 0.3 is 0 Å². The van der Waals surface area contributed by atoms with Crippen molar-refractivity contribution in [1.82, 2.24) is 15.5 Å². The summed E-state index contributed by atoms with van der Waals surface area (Å²) in [5, 5.41) is 7.00. The molecule has 2 N–H and O–H groups in total. The molecular formula is C13H16ClN3O. The molecule has 0 radical (unpaired) electrons. The summed E-state index contributed by atoms with van der Waals surface area (Å²) in [6.45, 7) is 3.44. The second-order valence-electron chi connectivity index (χ2n) is 4.76. The molecule has 1 aromatic carbocycles. The molecule has 2 saturated heterocycles. The molecule has 0 aliphatic carbocycles. The van der Waals surface area contributed by atoms with Gasteiger partial charge in [-0.3, -0.25) is 9.69 Å². The van der Waals surface area contributed by atoms with Crippen LogP contribution in [0.25, 0.3) is 0 Å². The van der Waals surface area contributed by atoms with Crippen LogP contribution in [0.3, 0.4) is 0 Å². The number of piperazine rings is 2. The van der Waals surface area contributed by atoms with Crippen LogP contribution in [0.2, 0.25) is 5.02 Å². The van der Waals surface area contributed by atoms with Gasteiger partial charge in [-0.25, -0.2) is 0 Å². The van der Waals surface area contributed by atoms with Crippen molar-refractivity contribution in [2.75, 3.05) is 26.2 Å². The first-order chi connectivity index (χ1) is 8.77. The van der Waals surface area contributed by atoms with E-state index in [0.717, 1.165) is 25.2 Å². The number of amides is 1. The molecule has 0 aromatic heterocycles. The maximum atomic E-state index is 12.2. The molecule has 2 heterocycles. The minimum atomic E-state index is -0.250. The third-order valence-electron chi connectivity index (χ3n) is 3.69. The fourth-order valence-electron chi connectivity index (χ4n) is 2.79. The molecule has 1 amide bonds. The Bertz CT molecular complexity index is 465. The Hall–Kier alpha value is -1.10. The summed E-state index contributed by atoms with van der Waals surface area (Å²) in [7, 11) is 0. The molecule has 1 aromatic rings. The summed E-state index contributed by atoms with van der Waals surface area (Å²) in [6.07, 6.45) is 0. The van der Waals surface area contributed by atoms with Crippen LogP contribution in [0.4, 0.5) is 0 Å². The maximum absolute atomic E-state index is 12.2. The van der Waals surface area contributed by atoms with Crippen LogP contribution >= 0.6 is 11.6 Å². The zero-order valence-corrected chi connectivity index (χ0v) is 10.8. The van der Waals surface area contributed by atoms with Crippen molar-refractivity contribution < 1.29 is 4.79 Å². The lowest BCUT2D eigenvalue weighted by Crippen LogP contribution is -2.63. The van der Waals surface area contributed by atoms with Crippen LogP contribution in [-0.2, 0) is 4.79 Å². The quantitative estimate of drug-likeness (QED) is 0.789. The molecule has 4 nitrogen and oxygen atoms in total. The van der Waals surface area contributed by atoms with Gasteiger partial charge in [0.15, 0.2) is 0 Å². The Morgan fingerprint density at radius 1 is 1.28 bits per heavy atom. The van der Waals surface area contributed by atoms with Gasteiger partial charge < -0.3 is 10.6 Å². The smallest absolute Gasteiger partial charge is 0.242 e. The molecular weight excluding hydrogens is 250 g/mol. The summed E-state index contributed by atoms with van der Waals surface area (Å²) >= 11 is 6.23. The number of carbonyl (C=O) groups is 1. The summed E-state index contributed by atoms with van der Waals surface area (Å²) in [4.78, 5) is 14.4. The standard InChI is InChI=1S/C13H16ClN3O/c14-11-4-2-1-3-10(11)12-13(18)16-8-9-7-15-5-6-17(9)12/h1-4,9,12,15H,5-8H2,(H,16,18). The number of nitrogens with zero attached hydrogens (tertiary/aromatic N) is 1. The first-order valence-corrected chi connectivity index (χ1v) is 6.64. The van der Waals surface area contributed by atoms with Crippen molar-refractivity contribution in [3.63, 3.8) is 0 Å². The topological polar surface area (TPSA) is 44.4 Å². The highest BCUT2D eigenvalue weighted by Gasteiger charge is 2.38. The van der Waals surface area contributed by atoms with E-state index in [-0.39, 0.29) is 11.9 Å². The summed E-state index contributed by atoms with van der Waals surface area (Å²) < 4.78 is 0. The van der Waals surface area contributed by atoms with Gasteiger partial charge in [0.2, 0.25) is 5.91 Å². The zero-order chi connectivity index (χ0) is 12.5. The van der Waals surface area contributed by atoms with Gasteiger partial charge in [0.25, 0.3) is 0 Å². The molecule has 2 unspecified atom stereocenters. The lowest BCUT2D eigenvalue weighted by Gasteiger charge is -2.44. The Balaban J connectivity index is 1.96. The lowest BCUT2D eigenvalue weighted by molar-refractivity contribution is -0.132. The number of hydrogen-bond acceptors (Lipinski definition) is 3. The van der Waals surface area contributed by atoms with Crippen molar-refractivity contribution >= 4 is 17.5 Å². The van der Waals surface area contributed by atoms with Crippen LogP contribution in [0.1, 0.15) is 11.6 Å². The highest BCUT2D eigenvalue weighted by atomic mass is 35.5. The van der Waals surface area contributed by atoms with Gasteiger partial charge in [0.1, 0.15) is 6.04 Å². The summed E-state index contributed by atoms with van der Waals surface area (Å²) in [5.41, 5.74) is 0.906. The molecule has 18 heavy (non-hydrogen) atoms. The number of hydrogen-bond donors (Lipinski definition) is 2. The Kier molecular flexibility index (Phi) is 3.24.